The first-order valence-electron chi connectivity index (χ1n) is 20.2. The summed E-state index contributed by atoms with van der Waals surface area (Å²) in [5.74, 6) is 1.94. The number of amides is 2. The number of aliphatic hydroxyl groups is 1. The summed E-state index contributed by atoms with van der Waals surface area (Å²) >= 11 is 0. The molecule has 4 heterocycles. The molecule has 1 spiro atoms. The van der Waals surface area contributed by atoms with Crippen molar-refractivity contribution < 1.29 is 38.1 Å². The number of rotatable bonds is 12. The maximum absolute atomic E-state index is 14.2. The van der Waals surface area contributed by atoms with Crippen LogP contribution in [0.2, 0.25) is 18.1 Å². The monoisotopic (exact) mass is 796 g/mol. The van der Waals surface area contributed by atoms with E-state index in [1.54, 1.807) is 26.4 Å². The van der Waals surface area contributed by atoms with Gasteiger partial charge in [0.1, 0.15) is 6.23 Å². The van der Waals surface area contributed by atoms with Gasteiger partial charge in [-0.05, 0) is 78.1 Å². The molecule has 0 bridgehead atoms. The van der Waals surface area contributed by atoms with Gasteiger partial charge in [0, 0.05) is 37.8 Å². The van der Waals surface area contributed by atoms with E-state index >= 15 is 0 Å². The predicted octanol–water partition coefficient (Wildman–Crippen LogP) is 7.49. The molecule has 57 heavy (non-hydrogen) atoms. The number of benzene rings is 3. The van der Waals surface area contributed by atoms with E-state index in [2.05, 4.69) is 44.5 Å². The number of ether oxygens (including phenoxy) is 4. The third-order valence-electron chi connectivity index (χ3n) is 12.9. The molecule has 5 aliphatic rings. The first kappa shape index (κ1) is 39.1. The molecule has 3 aromatic rings. The second kappa shape index (κ2) is 14.9. The van der Waals surface area contributed by atoms with Gasteiger partial charge in [0.15, 0.2) is 31.3 Å². The molecule has 1 saturated heterocycles. The number of nitrogens with one attached hydrogen (secondary N) is 2. The average Bonchev–Trinajstić information content (AvgIpc) is 3.70. The van der Waals surface area contributed by atoms with Crippen molar-refractivity contribution in [2.45, 2.75) is 95.9 Å². The number of hydrogen-bond acceptors (Lipinski definition) is 10. The fraction of sp³-hybridized carbons (Fsp3) is 0.500. The standard InChI is InChI=1S/C44H56N4O8Si/c1-43(2,3)57(6,7)56-40-35-22-44(13-14-44)26-48(35)42(51)32-19-37(53-5)39(21-34(32)46-40)55-16-8-15-54-38-20-33-31(18-36(38)52-4)41(50)47-24-29(17-30(47)23-45-33)28-11-9-27(25-49)10-12-28/h9-12,18-21,24,30,35,40,45-46,49H,8,13-17,22-23,25-26H2,1-7H3/t30?,35-,40?/m0/s1. The molecule has 12 nitrogen and oxygen atoms in total. The number of carbonyl (C=O) groups is 2. The summed E-state index contributed by atoms with van der Waals surface area (Å²) in [6.07, 6.45) is 6.15. The topological polar surface area (TPSA) is 131 Å². The Hall–Kier alpha value is -4.72. The van der Waals surface area contributed by atoms with Crippen LogP contribution >= 0.6 is 0 Å². The van der Waals surface area contributed by atoms with Crippen LogP contribution in [0.25, 0.3) is 5.57 Å². The lowest BCUT2D eigenvalue weighted by atomic mass is 10.0. The van der Waals surface area contributed by atoms with Crippen molar-refractivity contribution in [2.75, 3.05) is 51.2 Å². The third-order valence-corrected chi connectivity index (χ3v) is 17.4. The Balaban J connectivity index is 0.936. The summed E-state index contributed by atoms with van der Waals surface area (Å²) in [4.78, 5) is 31.8. The minimum atomic E-state index is -2.19. The Morgan fingerprint density at radius 1 is 0.877 bits per heavy atom. The van der Waals surface area contributed by atoms with Crippen LogP contribution in [0, 0.1) is 5.41 Å². The summed E-state index contributed by atoms with van der Waals surface area (Å²) in [6, 6.07) is 15.0. The molecule has 13 heteroatoms. The molecule has 3 N–H and O–H groups in total. The Bertz CT molecular complexity index is 2080. The normalized spacial score (nSPS) is 22.0. The molecule has 4 aliphatic heterocycles. The number of nitrogens with zero attached hydrogens (tertiary/aromatic N) is 2. The van der Waals surface area contributed by atoms with Crippen molar-refractivity contribution in [3.8, 4) is 23.0 Å². The molecule has 8 rings (SSSR count). The molecule has 1 saturated carbocycles. The van der Waals surface area contributed by atoms with Crippen LogP contribution in [0.4, 0.5) is 11.4 Å². The molecule has 3 atom stereocenters. The van der Waals surface area contributed by atoms with Gasteiger partial charge in [-0.1, -0.05) is 45.0 Å². The Morgan fingerprint density at radius 3 is 2.11 bits per heavy atom. The van der Waals surface area contributed by atoms with Gasteiger partial charge < -0.3 is 48.9 Å². The highest BCUT2D eigenvalue weighted by molar-refractivity contribution is 6.74. The van der Waals surface area contributed by atoms with Crippen molar-refractivity contribution >= 4 is 37.1 Å². The van der Waals surface area contributed by atoms with E-state index in [4.69, 9.17) is 23.4 Å². The van der Waals surface area contributed by atoms with Gasteiger partial charge in [-0.3, -0.25) is 9.59 Å². The fourth-order valence-electron chi connectivity index (χ4n) is 8.30. The molecule has 0 radical (unpaired) electrons. The lowest BCUT2D eigenvalue weighted by molar-refractivity contribution is 0.0599. The highest BCUT2D eigenvalue weighted by Gasteiger charge is 2.57. The summed E-state index contributed by atoms with van der Waals surface area (Å²) in [6.45, 7) is 13.2. The van der Waals surface area contributed by atoms with Crippen LogP contribution in [0.5, 0.6) is 23.0 Å². The Labute approximate surface area is 336 Å². The number of aliphatic hydroxyl groups excluding tert-OH is 1. The van der Waals surface area contributed by atoms with Gasteiger partial charge in [-0.2, -0.15) is 0 Å². The predicted molar refractivity (Wildman–Crippen MR) is 222 cm³/mol. The van der Waals surface area contributed by atoms with Gasteiger partial charge >= 0.3 is 0 Å². The number of methoxy groups -OCH3 is 2. The second-order valence-electron chi connectivity index (χ2n) is 17.8. The molecule has 2 amide bonds. The molecule has 0 aromatic heterocycles. The molecular formula is C44H56N4O8Si. The third kappa shape index (κ3) is 7.45. The number of anilines is 2. The number of hydrogen-bond donors (Lipinski definition) is 3. The maximum Gasteiger partial charge on any atom is 0.260 e. The first-order valence-corrected chi connectivity index (χ1v) is 23.1. The quantitative estimate of drug-likeness (QED) is 0.125. The Morgan fingerprint density at radius 2 is 1.51 bits per heavy atom. The molecule has 3 aromatic carbocycles. The van der Waals surface area contributed by atoms with Crippen molar-refractivity contribution in [3.63, 3.8) is 0 Å². The maximum atomic E-state index is 14.2. The minimum absolute atomic E-state index is 0.00324. The van der Waals surface area contributed by atoms with Gasteiger partial charge in [0.25, 0.3) is 11.8 Å². The van der Waals surface area contributed by atoms with E-state index in [1.807, 2.05) is 52.4 Å². The van der Waals surface area contributed by atoms with E-state index < -0.39 is 8.32 Å². The molecule has 304 valence electrons. The Kier molecular flexibility index (Phi) is 10.2. The largest absolute Gasteiger partial charge is 0.493 e. The molecule has 2 fully saturated rings. The SMILES string of the molecule is COc1cc2c(cc1OCCCOc1cc3c(cc1OC)C(=O)N1CC4(CC4)C[C@H]1C(O[Si](C)(C)C(C)(C)C)N3)NCC1CC(c3ccc(CO)cc3)=CN1C2=O. The highest BCUT2D eigenvalue weighted by Crippen LogP contribution is 2.57. The number of fused-ring (bicyclic) bond motifs is 4. The van der Waals surface area contributed by atoms with Gasteiger partial charge in [0.2, 0.25) is 0 Å². The van der Waals surface area contributed by atoms with E-state index in [1.165, 1.54) is 0 Å². The second-order valence-corrected chi connectivity index (χ2v) is 22.5. The summed E-state index contributed by atoms with van der Waals surface area (Å²) < 4.78 is 31.0. The fourth-order valence-corrected chi connectivity index (χ4v) is 9.50. The molecular weight excluding hydrogens is 741 g/mol. The van der Waals surface area contributed by atoms with Crippen molar-refractivity contribution in [3.05, 3.63) is 77.0 Å². The average molecular weight is 797 g/mol. The molecule has 2 unspecified atom stereocenters. The number of carbonyl (C=O) groups excluding carboxylic acids is 2. The van der Waals surface area contributed by atoms with Crippen molar-refractivity contribution in [2.24, 2.45) is 5.41 Å². The van der Waals surface area contributed by atoms with Crippen molar-refractivity contribution in [1.29, 1.82) is 0 Å². The van der Waals surface area contributed by atoms with Gasteiger partial charge in [-0.25, -0.2) is 0 Å². The zero-order chi connectivity index (χ0) is 40.3. The summed E-state index contributed by atoms with van der Waals surface area (Å²) in [7, 11) is 0.972. The van der Waals surface area contributed by atoms with Crippen LogP contribution in [-0.4, -0.2) is 93.9 Å². The smallest absolute Gasteiger partial charge is 0.260 e. The van der Waals surface area contributed by atoms with Gasteiger partial charge in [-0.15, -0.1) is 0 Å². The van der Waals surface area contributed by atoms with E-state index in [0.717, 1.165) is 48.9 Å². The van der Waals surface area contributed by atoms with Crippen LogP contribution in [0.15, 0.2) is 54.7 Å². The highest BCUT2D eigenvalue weighted by atomic mass is 28.4. The lowest BCUT2D eigenvalue weighted by Crippen LogP contribution is -2.52. The van der Waals surface area contributed by atoms with Crippen LogP contribution in [-0.2, 0) is 11.0 Å². The van der Waals surface area contributed by atoms with Crippen molar-refractivity contribution in [1.82, 2.24) is 9.80 Å². The summed E-state index contributed by atoms with van der Waals surface area (Å²) in [5, 5.41) is 16.6. The van der Waals surface area contributed by atoms with Gasteiger partial charge in [0.05, 0.1) is 68.6 Å². The summed E-state index contributed by atoms with van der Waals surface area (Å²) in [5.41, 5.74) is 5.67. The lowest BCUT2D eigenvalue weighted by Gasteiger charge is -2.41. The van der Waals surface area contributed by atoms with Crippen LogP contribution in [0.3, 0.4) is 0 Å². The van der Waals surface area contributed by atoms with E-state index in [-0.39, 0.29) is 47.2 Å². The van der Waals surface area contributed by atoms with Crippen LogP contribution in [0.1, 0.15) is 84.7 Å². The van der Waals surface area contributed by atoms with Crippen LogP contribution < -0.4 is 29.6 Å². The zero-order valence-corrected chi connectivity index (χ0v) is 35.2. The molecule has 1 aliphatic carbocycles. The first-order chi connectivity index (χ1) is 27.2. The van der Waals surface area contributed by atoms with E-state index in [0.29, 0.717) is 71.7 Å². The van der Waals surface area contributed by atoms with E-state index in [9.17, 15) is 14.7 Å². The zero-order valence-electron chi connectivity index (χ0n) is 34.2. The minimum Gasteiger partial charge on any atom is -0.493 e.